The molecule has 0 spiro atoms. The fourth-order valence-electron chi connectivity index (χ4n) is 2.58. The highest BCUT2D eigenvalue weighted by Gasteiger charge is 2.09. The van der Waals surface area contributed by atoms with Crippen molar-refractivity contribution in [2.75, 3.05) is 0 Å². The van der Waals surface area contributed by atoms with Gasteiger partial charge in [0.25, 0.3) is 0 Å². The first-order valence-corrected chi connectivity index (χ1v) is 8.75. The van der Waals surface area contributed by atoms with Crippen molar-refractivity contribution >= 4 is 46.1 Å². The second kappa shape index (κ2) is 6.89. The minimum absolute atomic E-state index is 0.723. The summed E-state index contributed by atoms with van der Waals surface area (Å²) in [5.41, 5.74) is 5.57. The number of benzene rings is 2. The van der Waals surface area contributed by atoms with Gasteiger partial charge in [-0.25, -0.2) is 0 Å². The van der Waals surface area contributed by atoms with Crippen molar-refractivity contribution in [3.05, 3.63) is 80.1 Å². The average Bonchev–Trinajstić information content (AvgIpc) is 2.82. The van der Waals surface area contributed by atoms with Crippen LogP contribution in [0.1, 0.15) is 17.0 Å². The van der Waals surface area contributed by atoms with Gasteiger partial charge in [0.2, 0.25) is 0 Å². The second-order valence-corrected chi connectivity index (χ2v) is 7.05. The van der Waals surface area contributed by atoms with Gasteiger partial charge in [0, 0.05) is 37.4 Å². The number of hydrogen-bond donors (Lipinski definition) is 0. The minimum Gasteiger partial charge on any atom is -0.318 e. The summed E-state index contributed by atoms with van der Waals surface area (Å²) >= 11 is 8.22. The Morgan fingerprint density at radius 3 is 2.30 bits per heavy atom. The lowest BCUT2D eigenvalue weighted by Crippen LogP contribution is -1.99. The molecule has 2 aromatic carbocycles. The smallest absolute Gasteiger partial charge is 0.0630 e. The van der Waals surface area contributed by atoms with Crippen LogP contribution in [-0.4, -0.2) is 10.8 Å². The molecule has 0 N–H and O–H groups in total. The molecule has 0 aliphatic rings. The Kier molecular flexibility index (Phi) is 4.87. The van der Waals surface area contributed by atoms with Gasteiger partial charge < -0.3 is 4.57 Å². The van der Waals surface area contributed by atoms with Gasteiger partial charge in [-0.1, -0.05) is 11.6 Å². The number of nitrogens with zero attached hydrogens (tertiary/aromatic N) is 2. The Balaban J connectivity index is 1.94. The molecule has 1 heterocycles. The maximum absolute atomic E-state index is 5.90. The fraction of sp³-hybridized carbons (Fsp3) is 0.105. The first kappa shape index (κ1) is 16.3. The molecule has 0 fully saturated rings. The Labute approximate surface area is 155 Å². The van der Waals surface area contributed by atoms with Crippen LogP contribution >= 0.6 is 34.2 Å². The summed E-state index contributed by atoms with van der Waals surface area (Å²) in [6, 6.07) is 18.2. The molecule has 0 saturated heterocycles. The van der Waals surface area contributed by atoms with E-state index in [-0.39, 0.29) is 0 Å². The predicted molar refractivity (Wildman–Crippen MR) is 107 cm³/mol. The molecule has 4 heteroatoms. The maximum Gasteiger partial charge on any atom is 0.0630 e. The van der Waals surface area contributed by atoms with E-state index >= 15 is 0 Å². The van der Waals surface area contributed by atoms with Gasteiger partial charge in [-0.05, 0) is 91.0 Å². The van der Waals surface area contributed by atoms with Gasteiger partial charge in [0.15, 0.2) is 0 Å². The van der Waals surface area contributed by atoms with E-state index in [2.05, 4.69) is 76.3 Å². The van der Waals surface area contributed by atoms with E-state index in [0.717, 1.165) is 16.3 Å². The zero-order valence-electron chi connectivity index (χ0n) is 12.9. The molecule has 0 saturated carbocycles. The van der Waals surface area contributed by atoms with E-state index in [1.165, 1.54) is 20.6 Å². The Bertz CT molecular complexity index is 846. The third-order valence-electron chi connectivity index (χ3n) is 3.73. The predicted octanol–water partition coefficient (Wildman–Crippen LogP) is 6.10. The van der Waals surface area contributed by atoms with Crippen LogP contribution in [0.5, 0.6) is 0 Å². The fourth-order valence-corrected chi connectivity index (χ4v) is 3.06. The van der Waals surface area contributed by atoms with Gasteiger partial charge >= 0.3 is 0 Å². The molecule has 3 rings (SSSR count). The molecule has 0 radical (unpaired) electrons. The Morgan fingerprint density at radius 1 is 1.00 bits per heavy atom. The number of hydrogen-bond acceptors (Lipinski definition) is 1. The molecule has 116 valence electrons. The molecule has 0 unspecified atom stereocenters. The molecule has 0 aliphatic carbocycles. The summed E-state index contributed by atoms with van der Waals surface area (Å²) in [6.45, 7) is 4.23. The number of aryl methyl sites for hydroxylation is 1. The molecule has 2 nitrogen and oxygen atoms in total. The third kappa shape index (κ3) is 3.67. The quantitative estimate of drug-likeness (QED) is 0.350. The number of rotatable bonds is 3. The molecule has 0 atom stereocenters. The third-order valence-corrected chi connectivity index (χ3v) is 4.71. The van der Waals surface area contributed by atoms with E-state index in [0.29, 0.717) is 0 Å². The molecule has 0 aliphatic heterocycles. The monoisotopic (exact) mass is 434 g/mol. The summed E-state index contributed by atoms with van der Waals surface area (Å²) in [4.78, 5) is 4.54. The zero-order valence-corrected chi connectivity index (χ0v) is 15.8. The summed E-state index contributed by atoms with van der Waals surface area (Å²) < 4.78 is 3.48. The average molecular weight is 435 g/mol. The summed E-state index contributed by atoms with van der Waals surface area (Å²) in [5, 5.41) is 0.723. The second-order valence-electron chi connectivity index (χ2n) is 5.37. The molecule has 1 aromatic heterocycles. The van der Waals surface area contributed by atoms with Crippen LogP contribution < -0.4 is 0 Å². The maximum atomic E-state index is 5.90. The van der Waals surface area contributed by atoms with Crippen molar-refractivity contribution in [2.24, 2.45) is 4.99 Å². The lowest BCUT2D eigenvalue weighted by Gasteiger charge is -2.09. The van der Waals surface area contributed by atoms with E-state index in [4.69, 9.17) is 11.6 Å². The summed E-state index contributed by atoms with van der Waals surface area (Å²) in [7, 11) is 0. The van der Waals surface area contributed by atoms with E-state index in [9.17, 15) is 0 Å². The minimum atomic E-state index is 0.723. The summed E-state index contributed by atoms with van der Waals surface area (Å²) in [6.07, 6.45) is 1.91. The van der Waals surface area contributed by atoms with E-state index in [1.54, 1.807) is 0 Å². The molecule has 3 aromatic rings. The highest BCUT2D eigenvalue weighted by molar-refractivity contribution is 14.1. The number of halogens is 2. The van der Waals surface area contributed by atoms with Crippen molar-refractivity contribution < 1.29 is 0 Å². The topological polar surface area (TPSA) is 17.3 Å². The standard InChI is InChI=1S/C19H16ClIN2/c1-13-11-15(12-22-18-7-3-16(20)4-8-18)14(2)23(13)19-9-5-17(21)6-10-19/h3-12H,1-2H3. The van der Waals surface area contributed by atoms with Gasteiger partial charge in [0.1, 0.15) is 0 Å². The number of aliphatic imine (C=N–C) groups is 1. The summed E-state index contributed by atoms with van der Waals surface area (Å²) in [5.74, 6) is 0. The Morgan fingerprint density at radius 2 is 1.65 bits per heavy atom. The van der Waals surface area contributed by atoms with Crippen LogP contribution in [-0.2, 0) is 0 Å². The first-order chi connectivity index (χ1) is 11.0. The van der Waals surface area contributed by atoms with Crippen LogP contribution in [0.2, 0.25) is 5.02 Å². The molecule has 23 heavy (non-hydrogen) atoms. The highest BCUT2D eigenvalue weighted by Crippen LogP contribution is 2.22. The van der Waals surface area contributed by atoms with Crippen molar-refractivity contribution in [1.29, 1.82) is 0 Å². The molecule has 0 bridgehead atoms. The lowest BCUT2D eigenvalue weighted by molar-refractivity contribution is 0.964. The lowest BCUT2D eigenvalue weighted by atomic mass is 10.2. The van der Waals surface area contributed by atoms with Crippen LogP contribution in [0, 0.1) is 17.4 Å². The van der Waals surface area contributed by atoms with E-state index in [1.807, 2.05) is 30.5 Å². The van der Waals surface area contributed by atoms with Gasteiger partial charge in [-0.3, -0.25) is 4.99 Å². The van der Waals surface area contributed by atoms with Crippen LogP contribution in [0.3, 0.4) is 0 Å². The van der Waals surface area contributed by atoms with Gasteiger partial charge in [0.05, 0.1) is 5.69 Å². The number of aromatic nitrogens is 1. The van der Waals surface area contributed by atoms with Crippen LogP contribution in [0.25, 0.3) is 5.69 Å². The zero-order chi connectivity index (χ0) is 16.4. The molecule has 0 amide bonds. The van der Waals surface area contributed by atoms with Gasteiger partial charge in [-0.2, -0.15) is 0 Å². The first-order valence-electron chi connectivity index (χ1n) is 7.29. The van der Waals surface area contributed by atoms with Crippen molar-refractivity contribution in [2.45, 2.75) is 13.8 Å². The van der Waals surface area contributed by atoms with Gasteiger partial charge in [-0.15, -0.1) is 0 Å². The molecular weight excluding hydrogens is 419 g/mol. The highest BCUT2D eigenvalue weighted by atomic mass is 127. The van der Waals surface area contributed by atoms with E-state index < -0.39 is 0 Å². The molecular formula is C19H16ClIN2. The largest absolute Gasteiger partial charge is 0.318 e. The van der Waals surface area contributed by atoms with Crippen molar-refractivity contribution in [3.63, 3.8) is 0 Å². The normalized spacial score (nSPS) is 11.3. The van der Waals surface area contributed by atoms with Crippen LogP contribution in [0.15, 0.2) is 59.6 Å². The van der Waals surface area contributed by atoms with Crippen molar-refractivity contribution in [1.82, 2.24) is 4.57 Å². The Hall–Kier alpha value is -1.59. The van der Waals surface area contributed by atoms with Crippen LogP contribution in [0.4, 0.5) is 5.69 Å². The SMILES string of the molecule is Cc1cc(C=Nc2ccc(Cl)cc2)c(C)n1-c1ccc(I)cc1. The van der Waals surface area contributed by atoms with Crippen molar-refractivity contribution in [3.8, 4) is 5.69 Å².